The Kier molecular flexibility index (Phi) is 4.77. The van der Waals surface area contributed by atoms with E-state index in [-0.39, 0.29) is 11.8 Å². The lowest BCUT2D eigenvalue weighted by Crippen LogP contribution is -2.36. The van der Waals surface area contributed by atoms with Gasteiger partial charge in [-0.3, -0.25) is 4.90 Å². The third kappa shape index (κ3) is 3.37. The van der Waals surface area contributed by atoms with Gasteiger partial charge in [-0.1, -0.05) is 6.07 Å². The van der Waals surface area contributed by atoms with Crippen LogP contribution in [0, 0.1) is 0 Å². The molecule has 0 spiro atoms. The maximum atomic E-state index is 12.3. The molecule has 1 aliphatic rings. The molecular weight excluding hydrogens is 266 g/mol. The predicted molar refractivity (Wildman–Crippen MR) is 72.1 cm³/mol. The van der Waals surface area contributed by atoms with Gasteiger partial charge in [0.1, 0.15) is 0 Å². The highest BCUT2D eigenvalue weighted by atomic mass is 19.3. The van der Waals surface area contributed by atoms with E-state index in [9.17, 15) is 8.78 Å². The fraction of sp³-hybridized carbons (Fsp3) is 0.571. The summed E-state index contributed by atoms with van der Waals surface area (Å²) < 4.78 is 34.0. The Morgan fingerprint density at radius 2 is 2.15 bits per heavy atom. The first-order valence-corrected chi connectivity index (χ1v) is 6.62. The van der Waals surface area contributed by atoms with Crippen LogP contribution in [0.4, 0.5) is 8.78 Å². The summed E-state index contributed by atoms with van der Waals surface area (Å²) in [7, 11) is 1.44. The lowest BCUT2D eigenvalue weighted by molar-refractivity contribution is -0.0512. The first-order valence-electron chi connectivity index (χ1n) is 6.62. The van der Waals surface area contributed by atoms with Gasteiger partial charge in [0.2, 0.25) is 0 Å². The van der Waals surface area contributed by atoms with E-state index in [2.05, 4.69) is 16.6 Å². The number of rotatable bonds is 5. The van der Waals surface area contributed by atoms with Crippen molar-refractivity contribution in [3.8, 4) is 11.5 Å². The molecule has 1 aliphatic heterocycles. The van der Waals surface area contributed by atoms with E-state index in [0.29, 0.717) is 11.8 Å². The lowest BCUT2D eigenvalue weighted by atomic mass is 10.1. The quantitative estimate of drug-likeness (QED) is 0.901. The number of halogens is 2. The molecule has 0 aromatic heterocycles. The minimum Gasteiger partial charge on any atom is -0.493 e. The zero-order valence-corrected chi connectivity index (χ0v) is 11.7. The molecule has 112 valence electrons. The zero-order valence-electron chi connectivity index (χ0n) is 11.7. The Labute approximate surface area is 117 Å². The summed E-state index contributed by atoms with van der Waals surface area (Å²) in [6.45, 7) is 0.912. The Balaban J connectivity index is 2.09. The molecule has 1 fully saturated rings. The molecule has 1 saturated heterocycles. The maximum absolute atomic E-state index is 12.3. The molecular formula is C14H20F2N2O2. The molecule has 2 atom stereocenters. The smallest absolute Gasteiger partial charge is 0.387 e. The summed E-state index contributed by atoms with van der Waals surface area (Å²) in [4.78, 5) is 2.27. The van der Waals surface area contributed by atoms with Crippen molar-refractivity contribution in [3.63, 3.8) is 0 Å². The lowest BCUT2D eigenvalue weighted by Gasteiger charge is -2.23. The van der Waals surface area contributed by atoms with E-state index in [1.165, 1.54) is 13.2 Å². The fourth-order valence-corrected chi connectivity index (χ4v) is 2.49. The number of nitrogens with zero attached hydrogens (tertiary/aromatic N) is 1. The number of nitrogens with two attached hydrogens (primary N) is 1. The van der Waals surface area contributed by atoms with Gasteiger partial charge in [0.25, 0.3) is 0 Å². The van der Waals surface area contributed by atoms with Crippen LogP contribution in [0.5, 0.6) is 11.5 Å². The van der Waals surface area contributed by atoms with E-state index >= 15 is 0 Å². The second-order valence-electron chi connectivity index (χ2n) is 5.03. The molecule has 1 aromatic rings. The van der Waals surface area contributed by atoms with Gasteiger partial charge in [-0.05, 0) is 31.0 Å². The first-order chi connectivity index (χ1) is 9.51. The summed E-state index contributed by atoms with van der Waals surface area (Å²) in [6.07, 6.45) is 0.977. The van der Waals surface area contributed by atoms with E-state index < -0.39 is 6.61 Å². The highest BCUT2D eigenvalue weighted by Gasteiger charge is 2.27. The van der Waals surface area contributed by atoms with Crippen LogP contribution in [0.2, 0.25) is 0 Å². The Bertz CT molecular complexity index is 457. The molecule has 0 bridgehead atoms. The Morgan fingerprint density at radius 3 is 2.70 bits per heavy atom. The highest BCUT2D eigenvalue weighted by molar-refractivity contribution is 5.43. The van der Waals surface area contributed by atoms with Gasteiger partial charge in [0.15, 0.2) is 11.5 Å². The van der Waals surface area contributed by atoms with Crippen molar-refractivity contribution in [3.05, 3.63) is 23.8 Å². The van der Waals surface area contributed by atoms with Crippen LogP contribution in [-0.4, -0.2) is 37.2 Å². The van der Waals surface area contributed by atoms with Crippen molar-refractivity contribution in [2.45, 2.75) is 38.6 Å². The average molecular weight is 286 g/mol. The minimum atomic E-state index is -2.86. The zero-order chi connectivity index (χ0) is 14.7. The molecule has 0 amide bonds. The SMILES string of the molecule is COc1cc(CN2CCC(N)C2C)ccc1OC(F)F. The van der Waals surface area contributed by atoms with E-state index in [4.69, 9.17) is 10.5 Å². The number of hydrogen-bond donors (Lipinski definition) is 1. The van der Waals surface area contributed by atoms with Gasteiger partial charge in [0.05, 0.1) is 7.11 Å². The topological polar surface area (TPSA) is 47.7 Å². The largest absolute Gasteiger partial charge is 0.493 e. The number of benzene rings is 1. The van der Waals surface area contributed by atoms with E-state index in [1.54, 1.807) is 12.1 Å². The summed E-state index contributed by atoms with van der Waals surface area (Å²) in [5.74, 6) is 0.372. The predicted octanol–water partition coefficient (Wildman–Crippen LogP) is 2.22. The van der Waals surface area contributed by atoms with Crippen molar-refractivity contribution in [2.24, 2.45) is 5.73 Å². The molecule has 20 heavy (non-hydrogen) atoms. The van der Waals surface area contributed by atoms with Crippen LogP contribution < -0.4 is 15.2 Å². The molecule has 2 unspecified atom stereocenters. The monoisotopic (exact) mass is 286 g/mol. The molecule has 0 saturated carbocycles. The van der Waals surface area contributed by atoms with Crippen LogP contribution in [0.3, 0.4) is 0 Å². The molecule has 0 radical (unpaired) electrons. The minimum absolute atomic E-state index is 0.0532. The third-order valence-corrected chi connectivity index (χ3v) is 3.77. The maximum Gasteiger partial charge on any atom is 0.387 e. The standard InChI is InChI=1S/C14H20F2N2O2/c1-9-11(17)5-6-18(9)8-10-3-4-12(20-14(15)16)13(7-10)19-2/h3-4,7,9,11,14H,5-6,8,17H2,1-2H3. The Morgan fingerprint density at radius 1 is 1.40 bits per heavy atom. The number of methoxy groups -OCH3 is 1. The van der Waals surface area contributed by atoms with Crippen molar-refractivity contribution in [1.82, 2.24) is 4.90 Å². The van der Waals surface area contributed by atoms with Crippen LogP contribution in [0.25, 0.3) is 0 Å². The molecule has 4 nitrogen and oxygen atoms in total. The van der Waals surface area contributed by atoms with Crippen molar-refractivity contribution >= 4 is 0 Å². The van der Waals surface area contributed by atoms with Gasteiger partial charge < -0.3 is 15.2 Å². The van der Waals surface area contributed by atoms with Crippen LogP contribution >= 0.6 is 0 Å². The molecule has 1 heterocycles. The summed E-state index contributed by atoms with van der Waals surface area (Å²) in [6, 6.07) is 5.53. The summed E-state index contributed by atoms with van der Waals surface area (Å²) >= 11 is 0. The molecule has 2 N–H and O–H groups in total. The van der Waals surface area contributed by atoms with Crippen molar-refractivity contribution in [2.75, 3.05) is 13.7 Å². The third-order valence-electron chi connectivity index (χ3n) is 3.77. The average Bonchev–Trinajstić information content (AvgIpc) is 2.72. The fourth-order valence-electron chi connectivity index (χ4n) is 2.49. The van der Waals surface area contributed by atoms with E-state index in [0.717, 1.165) is 25.1 Å². The molecule has 0 aliphatic carbocycles. The van der Waals surface area contributed by atoms with Crippen LogP contribution in [-0.2, 0) is 6.54 Å². The van der Waals surface area contributed by atoms with E-state index in [1.807, 2.05) is 0 Å². The number of likely N-dealkylation sites (tertiary alicyclic amines) is 1. The van der Waals surface area contributed by atoms with Crippen molar-refractivity contribution < 1.29 is 18.3 Å². The summed E-state index contributed by atoms with van der Waals surface area (Å²) in [5.41, 5.74) is 6.98. The number of ether oxygens (including phenoxy) is 2. The molecule has 1 aromatic carbocycles. The first kappa shape index (κ1) is 15.0. The van der Waals surface area contributed by atoms with Crippen LogP contribution in [0.1, 0.15) is 18.9 Å². The van der Waals surface area contributed by atoms with Gasteiger partial charge >= 0.3 is 6.61 Å². The molecule has 2 rings (SSSR count). The van der Waals surface area contributed by atoms with Crippen LogP contribution in [0.15, 0.2) is 18.2 Å². The second-order valence-corrected chi connectivity index (χ2v) is 5.03. The summed E-state index contributed by atoms with van der Waals surface area (Å²) in [5, 5.41) is 0. The van der Waals surface area contributed by atoms with Gasteiger partial charge in [0, 0.05) is 25.2 Å². The number of alkyl halides is 2. The highest BCUT2D eigenvalue weighted by Crippen LogP contribution is 2.30. The van der Waals surface area contributed by atoms with Gasteiger partial charge in [-0.25, -0.2) is 0 Å². The van der Waals surface area contributed by atoms with Gasteiger partial charge in [-0.15, -0.1) is 0 Å². The molecule has 6 heteroatoms. The number of hydrogen-bond acceptors (Lipinski definition) is 4. The normalized spacial score (nSPS) is 23.3. The Hall–Kier alpha value is -1.40. The van der Waals surface area contributed by atoms with Gasteiger partial charge in [-0.2, -0.15) is 8.78 Å². The van der Waals surface area contributed by atoms with Crippen molar-refractivity contribution in [1.29, 1.82) is 0 Å². The second kappa shape index (κ2) is 6.37.